The Hall–Kier alpha value is -2.82. The highest BCUT2D eigenvalue weighted by Gasteiger charge is 2.22. The minimum absolute atomic E-state index is 0.00177. The first-order valence-corrected chi connectivity index (χ1v) is 7.99. The number of nitrogens with one attached hydrogen (secondary N) is 2. The molecule has 1 atom stereocenters. The monoisotopic (exact) mass is 324 g/mol. The third-order valence-corrected chi connectivity index (χ3v) is 4.02. The van der Waals surface area contributed by atoms with Crippen LogP contribution in [0.2, 0.25) is 0 Å². The lowest BCUT2D eigenvalue weighted by Gasteiger charge is -2.26. The molecule has 0 saturated carbocycles. The van der Waals surface area contributed by atoms with E-state index in [2.05, 4.69) is 10.6 Å². The topological polar surface area (TPSA) is 67.4 Å². The van der Waals surface area contributed by atoms with E-state index in [1.165, 1.54) is 6.92 Å². The lowest BCUT2D eigenvalue weighted by Crippen LogP contribution is -2.35. The standard InChI is InChI=1S/C19H20N2O3/c1-13(22)14-5-4-6-15(11-14)20-12-19(23)21-17-9-10-24-18-8-3-2-7-16(17)18/h2-8,11,17,20H,9-10,12H2,1H3,(H,21,23). The van der Waals surface area contributed by atoms with Crippen LogP contribution >= 0.6 is 0 Å². The van der Waals surface area contributed by atoms with Gasteiger partial charge >= 0.3 is 0 Å². The van der Waals surface area contributed by atoms with E-state index in [9.17, 15) is 9.59 Å². The summed E-state index contributed by atoms with van der Waals surface area (Å²) in [6.07, 6.45) is 0.753. The highest BCUT2D eigenvalue weighted by Crippen LogP contribution is 2.31. The first-order chi connectivity index (χ1) is 11.6. The van der Waals surface area contributed by atoms with Crippen LogP contribution in [0, 0.1) is 0 Å². The van der Waals surface area contributed by atoms with Gasteiger partial charge in [0.2, 0.25) is 5.91 Å². The molecule has 5 heteroatoms. The number of fused-ring (bicyclic) bond motifs is 1. The van der Waals surface area contributed by atoms with Gasteiger partial charge in [-0.25, -0.2) is 0 Å². The molecule has 0 saturated heterocycles. The van der Waals surface area contributed by atoms with E-state index >= 15 is 0 Å². The largest absolute Gasteiger partial charge is 0.493 e. The molecule has 1 amide bonds. The average Bonchev–Trinajstić information content (AvgIpc) is 2.60. The number of anilines is 1. The Morgan fingerprint density at radius 3 is 2.83 bits per heavy atom. The van der Waals surface area contributed by atoms with Crippen LogP contribution < -0.4 is 15.4 Å². The molecule has 24 heavy (non-hydrogen) atoms. The molecule has 0 spiro atoms. The fourth-order valence-corrected chi connectivity index (χ4v) is 2.77. The Bertz CT molecular complexity index is 758. The van der Waals surface area contributed by atoms with Crippen LogP contribution in [0.3, 0.4) is 0 Å². The highest BCUT2D eigenvalue weighted by molar-refractivity contribution is 5.95. The number of benzene rings is 2. The van der Waals surface area contributed by atoms with Crippen LogP contribution in [0.25, 0.3) is 0 Å². The van der Waals surface area contributed by atoms with Crippen molar-refractivity contribution < 1.29 is 14.3 Å². The molecule has 1 aliphatic heterocycles. The molecule has 2 N–H and O–H groups in total. The Kier molecular flexibility index (Phi) is 4.79. The summed E-state index contributed by atoms with van der Waals surface area (Å²) in [6, 6.07) is 14.9. The van der Waals surface area contributed by atoms with Gasteiger partial charge in [0.15, 0.2) is 5.78 Å². The summed E-state index contributed by atoms with van der Waals surface area (Å²) in [5.74, 6) is 0.739. The lowest BCUT2D eigenvalue weighted by molar-refractivity contribution is -0.120. The van der Waals surface area contributed by atoms with Gasteiger partial charge in [0.1, 0.15) is 5.75 Å². The second kappa shape index (κ2) is 7.17. The summed E-state index contributed by atoms with van der Waals surface area (Å²) in [5, 5.41) is 6.09. The maximum atomic E-state index is 12.2. The molecule has 2 aromatic carbocycles. The number of carbonyl (C=O) groups is 2. The first kappa shape index (κ1) is 16.1. The normalized spacial score (nSPS) is 15.8. The Balaban J connectivity index is 1.59. The van der Waals surface area contributed by atoms with Crippen molar-refractivity contribution >= 4 is 17.4 Å². The smallest absolute Gasteiger partial charge is 0.239 e. The summed E-state index contributed by atoms with van der Waals surface area (Å²) >= 11 is 0. The third-order valence-electron chi connectivity index (χ3n) is 4.02. The number of ether oxygens (including phenoxy) is 1. The second-order valence-electron chi connectivity index (χ2n) is 5.79. The summed E-state index contributed by atoms with van der Waals surface area (Å²) in [6.45, 7) is 2.27. The van der Waals surface area contributed by atoms with Crippen molar-refractivity contribution in [2.45, 2.75) is 19.4 Å². The van der Waals surface area contributed by atoms with Crippen LogP contribution in [0.4, 0.5) is 5.69 Å². The van der Waals surface area contributed by atoms with E-state index in [1.807, 2.05) is 30.3 Å². The van der Waals surface area contributed by atoms with E-state index in [0.29, 0.717) is 12.2 Å². The Morgan fingerprint density at radius 2 is 2.00 bits per heavy atom. The Labute approximate surface area is 141 Å². The molecule has 5 nitrogen and oxygen atoms in total. The van der Waals surface area contributed by atoms with E-state index in [1.54, 1.807) is 18.2 Å². The molecule has 2 aromatic rings. The van der Waals surface area contributed by atoms with Crippen molar-refractivity contribution in [1.82, 2.24) is 5.32 Å². The Morgan fingerprint density at radius 1 is 1.17 bits per heavy atom. The van der Waals surface area contributed by atoms with Gasteiger partial charge in [0.25, 0.3) is 0 Å². The second-order valence-corrected chi connectivity index (χ2v) is 5.79. The van der Waals surface area contributed by atoms with Gasteiger partial charge in [0, 0.05) is 23.2 Å². The van der Waals surface area contributed by atoms with Gasteiger partial charge < -0.3 is 15.4 Å². The number of para-hydroxylation sites is 1. The number of carbonyl (C=O) groups excluding carboxylic acids is 2. The molecule has 0 aliphatic carbocycles. The molecule has 1 aliphatic rings. The van der Waals surface area contributed by atoms with Crippen molar-refractivity contribution in [2.24, 2.45) is 0 Å². The highest BCUT2D eigenvalue weighted by atomic mass is 16.5. The molecular formula is C19H20N2O3. The quantitative estimate of drug-likeness (QED) is 0.830. The molecular weight excluding hydrogens is 304 g/mol. The zero-order valence-electron chi connectivity index (χ0n) is 13.5. The maximum absolute atomic E-state index is 12.2. The van der Waals surface area contributed by atoms with Crippen LogP contribution in [0.15, 0.2) is 48.5 Å². The van der Waals surface area contributed by atoms with Crippen LogP contribution in [0.5, 0.6) is 5.75 Å². The molecule has 0 bridgehead atoms. The number of rotatable bonds is 5. The number of hydrogen-bond donors (Lipinski definition) is 2. The van der Waals surface area contributed by atoms with Crippen molar-refractivity contribution in [1.29, 1.82) is 0 Å². The van der Waals surface area contributed by atoms with Gasteiger partial charge in [-0.05, 0) is 25.1 Å². The minimum Gasteiger partial charge on any atom is -0.493 e. The number of Topliss-reactive ketones (excluding diaryl/α,β-unsaturated/α-hetero) is 1. The van der Waals surface area contributed by atoms with Crippen molar-refractivity contribution in [3.63, 3.8) is 0 Å². The van der Waals surface area contributed by atoms with Crippen molar-refractivity contribution in [3.8, 4) is 5.75 Å². The zero-order valence-corrected chi connectivity index (χ0v) is 13.5. The molecule has 0 aromatic heterocycles. The SMILES string of the molecule is CC(=O)c1cccc(NCC(=O)NC2CCOc3ccccc32)c1. The first-order valence-electron chi connectivity index (χ1n) is 7.99. The van der Waals surface area contributed by atoms with Crippen LogP contribution in [-0.4, -0.2) is 24.8 Å². The summed E-state index contributed by atoms with van der Waals surface area (Å²) in [7, 11) is 0. The maximum Gasteiger partial charge on any atom is 0.239 e. The number of hydrogen-bond acceptors (Lipinski definition) is 4. The molecule has 1 heterocycles. The number of amides is 1. The third kappa shape index (κ3) is 3.74. The molecule has 3 rings (SSSR count). The van der Waals surface area contributed by atoms with Crippen LogP contribution in [0.1, 0.15) is 35.3 Å². The molecule has 0 fully saturated rings. The van der Waals surface area contributed by atoms with Gasteiger partial charge in [-0.2, -0.15) is 0 Å². The van der Waals surface area contributed by atoms with Gasteiger partial charge in [-0.3, -0.25) is 9.59 Å². The average molecular weight is 324 g/mol. The molecule has 124 valence electrons. The van der Waals surface area contributed by atoms with Crippen molar-refractivity contribution in [2.75, 3.05) is 18.5 Å². The van der Waals surface area contributed by atoms with Crippen molar-refractivity contribution in [3.05, 3.63) is 59.7 Å². The minimum atomic E-state index is -0.0927. The van der Waals surface area contributed by atoms with E-state index in [0.717, 1.165) is 23.4 Å². The molecule has 0 radical (unpaired) electrons. The summed E-state index contributed by atoms with van der Waals surface area (Å²) in [5.41, 5.74) is 2.39. The van der Waals surface area contributed by atoms with Gasteiger partial charge in [0.05, 0.1) is 19.2 Å². The van der Waals surface area contributed by atoms with Crippen LogP contribution in [-0.2, 0) is 4.79 Å². The van der Waals surface area contributed by atoms with E-state index < -0.39 is 0 Å². The fourth-order valence-electron chi connectivity index (χ4n) is 2.77. The summed E-state index contributed by atoms with van der Waals surface area (Å²) in [4.78, 5) is 23.6. The van der Waals surface area contributed by atoms with Gasteiger partial charge in [-0.15, -0.1) is 0 Å². The van der Waals surface area contributed by atoms with E-state index in [4.69, 9.17) is 4.74 Å². The van der Waals surface area contributed by atoms with E-state index in [-0.39, 0.29) is 24.3 Å². The number of ketones is 1. The fraction of sp³-hybridized carbons (Fsp3) is 0.263. The summed E-state index contributed by atoms with van der Waals surface area (Å²) < 4.78 is 5.60. The van der Waals surface area contributed by atoms with Gasteiger partial charge in [-0.1, -0.05) is 30.3 Å². The predicted octanol–water partition coefficient (Wildman–Crippen LogP) is 2.94. The zero-order chi connectivity index (χ0) is 16.9. The lowest BCUT2D eigenvalue weighted by atomic mass is 10.0. The predicted molar refractivity (Wildman–Crippen MR) is 92.4 cm³/mol. The molecule has 1 unspecified atom stereocenters.